The fourth-order valence-electron chi connectivity index (χ4n) is 4.78. The lowest BCUT2D eigenvalue weighted by molar-refractivity contribution is 0.236. The van der Waals surface area contributed by atoms with E-state index in [1.807, 2.05) is 41.1 Å². The Bertz CT molecular complexity index is 1270. The van der Waals surface area contributed by atoms with E-state index in [0.29, 0.717) is 12.5 Å². The second-order valence-electron chi connectivity index (χ2n) is 9.28. The van der Waals surface area contributed by atoms with Crippen LogP contribution in [0.25, 0.3) is 5.69 Å². The van der Waals surface area contributed by atoms with Crippen LogP contribution in [-0.4, -0.2) is 20.8 Å². The Morgan fingerprint density at radius 1 is 0.788 bits per heavy atom. The first-order chi connectivity index (χ1) is 16.1. The van der Waals surface area contributed by atoms with Crippen LogP contribution in [0, 0.1) is 0 Å². The molecule has 0 saturated heterocycles. The highest BCUT2D eigenvalue weighted by atomic mass is 16.1. The van der Waals surface area contributed by atoms with Crippen molar-refractivity contribution in [1.82, 2.24) is 14.3 Å². The van der Waals surface area contributed by atoms with E-state index in [9.17, 15) is 4.79 Å². The molecule has 1 aliphatic rings. The largest absolute Gasteiger partial charge is 0.293 e. The predicted molar refractivity (Wildman–Crippen MR) is 134 cm³/mol. The lowest BCUT2D eigenvalue weighted by Gasteiger charge is -2.28. The molecular formula is C29H31N3O. The van der Waals surface area contributed by atoms with Gasteiger partial charge in [-0.2, -0.15) is 0 Å². The van der Waals surface area contributed by atoms with Crippen LogP contribution < -0.4 is 5.56 Å². The number of benzene rings is 3. The average molecular weight is 438 g/mol. The molecule has 0 spiro atoms. The summed E-state index contributed by atoms with van der Waals surface area (Å²) in [5.74, 6) is 0.543. The number of fused-ring (bicyclic) bond motifs is 1. The van der Waals surface area contributed by atoms with Crippen molar-refractivity contribution in [2.24, 2.45) is 0 Å². The summed E-state index contributed by atoms with van der Waals surface area (Å²) in [5, 5.41) is 0. The van der Waals surface area contributed by atoms with Gasteiger partial charge in [0.15, 0.2) is 0 Å². The van der Waals surface area contributed by atoms with Crippen molar-refractivity contribution in [1.29, 1.82) is 0 Å². The lowest BCUT2D eigenvalue weighted by Crippen LogP contribution is -2.32. The van der Waals surface area contributed by atoms with Crippen molar-refractivity contribution in [3.8, 4) is 5.69 Å². The van der Waals surface area contributed by atoms with Gasteiger partial charge in [0.2, 0.25) is 0 Å². The fraction of sp³-hybridized carbons (Fsp3) is 0.276. The summed E-state index contributed by atoms with van der Waals surface area (Å²) in [7, 11) is 0. The summed E-state index contributed by atoms with van der Waals surface area (Å²) < 4.78 is 4.06. The van der Waals surface area contributed by atoms with E-state index < -0.39 is 0 Å². The van der Waals surface area contributed by atoms with Gasteiger partial charge in [-0.05, 0) is 41.2 Å². The quantitative estimate of drug-likeness (QED) is 0.406. The van der Waals surface area contributed by atoms with Crippen molar-refractivity contribution in [3.63, 3.8) is 0 Å². The van der Waals surface area contributed by atoms with Gasteiger partial charge in [-0.1, -0.05) is 86.6 Å². The van der Waals surface area contributed by atoms with E-state index in [-0.39, 0.29) is 5.56 Å². The van der Waals surface area contributed by atoms with Crippen LogP contribution in [0.3, 0.4) is 0 Å². The van der Waals surface area contributed by atoms with Gasteiger partial charge in [-0.15, -0.1) is 0 Å². The summed E-state index contributed by atoms with van der Waals surface area (Å²) in [6, 6.07) is 29.4. The first-order valence-corrected chi connectivity index (χ1v) is 11.8. The van der Waals surface area contributed by atoms with Crippen molar-refractivity contribution in [3.05, 3.63) is 123 Å². The summed E-state index contributed by atoms with van der Waals surface area (Å²) in [5.41, 5.74) is 7.02. The van der Waals surface area contributed by atoms with Crippen LogP contribution in [0.1, 0.15) is 47.7 Å². The fourth-order valence-corrected chi connectivity index (χ4v) is 4.78. The smallest absolute Gasteiger partial charge is 0.274 e. The molecule has 0 aliphatic carbocycles. The first-order valence-electron chi connectivity index (χ1n) is 11.8. The molecule has 4 heteroatoms. The molecule has 4 aromatic rings. The van der Waals surface area contributed by atoms with E-state index in [1.54, 1.807) is 0 Å². The average Bonchev–Trinajstić information content (AvgIpc) is 3.11. The predicted octanol–water partition coefficient (Wildman–Crippen LogP) is 5.37. The first kappa shape index (κ1) is 21.5. The number of rotatable bonds is 6. The highest BCUT2D eigenvalue weighted by molar-refractivity contribution is 5.35. The van der Waals surface area contributed by atoms with E-state index in [0.717, 1.165) is 43.0 Å². The molecule has 4 nitrogen and oxygen atoms in total. The van der Waals surface area contributed by atoms with Crippen LogP contribution in [0.5, 0.6) is 0 Å². The molecule has 0 amide bonds. The molecule has 0 bridgehead atoms. The number of para-hydroxylation sites is 1. The standard InChI is InChI=1S/C29H31N3O/c1-22(2)25-15-13-24(14-16-25)19-30-18-17-27-28(21-30)31(20-23-9-5-3-6-10-23)32(29(27)33)26-11-7-4-8-12-26/h3-16,22H,17-21H2,1-2H3. The minimum Gasteiger partial charge on any atom is -0.293 e. The second kappa shape index (κ2) is 9.24. The molecule has 0 atom stereocenters. The van der Waals surface area contributed by atoms with Crippen LogP contribution in [0.4, 0.5) is 0 Å². The molecule has 0 fully saturated rings. The summed E-state index contributed by atoms with van der Waals surface area (Å²) >= 11 is 0. The van der Waals surface area contributed by atoms with Gasteiger partial charge in [-0.25, -0.2) is 4.68 Å². The highest BCUT2D eigenvalue weighted by Gasteiger charge is 2.27. The van der Waals surface area contributed by atoms with Crippen LogP contribution in [-0.2, 0) is 26.1 Å². The Hall–Kier alpha value is -3.37. The van der Waals surface area contributed by atoms with Crippen LogP contribution in [0.15, 0.2) is 89.7 Å². The lowest BCUT2D eigenvalue weighted by atomic mass is 10.0. The molecule has 0 saturated carbocycles. The van der Waals surface area contributed by atoms with Gasteiger partial charge in [0.1, 0.15) is 0 Å². The van der Waals surface area contributed by atoms with Gasteiger partial charge >= 0.3 is 0 Å². The Morgan fingerprint density at radius 2 is 1.42 bits per heavy atom. The van der Waals surface area contributed by atoms with Crippen molar-refractivity contribution >= 4 is 0 Å². The molecule has 1 aromatic heterocycles. The minimum atomic E-state index is 0.119. The second-order valence-corrected chi connectivity index (χ2v) is 9.28. The van der Waals surface area contributed by atoms with E-state index >= 15 is 0 Å². The molecule has 2 heterocycles. The van der Waals surface area contributed by atoms with E-state index in [4.69, 9.17) is 0 Å². The Kier molecular flexibility index (Phi) is 6.01. The van der Waals surface area contributed by atoms with Gasteiger partial charge in [0, 0.05) is 25.2 Å². The SMILES string of the molecule is CC(C)c1ccc(CN2CCc3c(n(Cc4ccccc4)n(-c4ccccc4)c3=O)C2)cc1. The van der Waals surface area contributed by atoms with Gasteiger partial charge < -0.3 is 0 Å². The van der Waals surface area contributed by atoms with Crippen LogP contribution in [0.2, 0.25) is 0 Å². The number of aromatic nitrogens is 2. The molecule has 33 heavy (non-hydrogen) atoms. The summed E-state index contributed by atoms with van der Waals surface area (Å²) in [6.45, 7) is 7.71. The molecule has 0 unspecified atom stereocenters. The normalized spacial score (nSPS) is 13.9. The molecule has 0 radical (unpaired) electrons. The molecule has 1 aliphatic heterocycles. The topological polar surface area (TPSA) is 30.2 Å². The third-order valence-corrected chi connectivity index (χ3v) is 6.63. The summed E-state index contributed by atoms with van der Waals surface area (Å²) in [6.07, 6.45) is 0.785. The van der Waals surface area contributed by atoms with Gasteiger partial charge in [-0.3, -0.25) is 14.4 Å². The Labute approximate surface area is 195 Å². The van der Waals surface area contributed by atoms with Gasteiger partial charge in [0.25, 0.3) is 5.56 Å². The maximum Gasteiger partial charge on any atom is 0.274 e. The maximum atomic E-state index is 13.5. The zero-order chi connectivity index (χ0) is 22.8. The van der Waals surface area contributed by atoms with Gasteiger partial charge in [0.05, 0.1) is 17.9 Å². The minimum absolute atomic E-state index is 0.119. The monoisotopic (exact) mass is 437 g/mol. The third-order valence-electron chi connectivity index (χ3n) is 6.63. The summed E-state index contributed by atoms with van der Waals surface area (Å²) in [4.78, 5) is 16.0. The number of nitrogens with zero attached hydrogens (tertiary/aromatic N) is 3. The Morgan fingerprint density at radius 3 is 2.09 bits per heavy atom. The van der Waals surface area contributed by atoms with E-state index in [1.165, 1.54) is 16.7 Å². The number of hydrogen-bond donors (Lipinski definition) is 0. The zero-order valence-electron chi connectivity index (χ0n) is 19.4. The van der Waals surface area contributed by atoms with Crippen molar-refractivity contribution in [2.75, 3.05) is 6.54 Å². The molecule has 0 N–H and O–H groups in total. The van der Waals surface area contributed by atoms with Crippen LogP contribution >= 0.6 is 0 Å². The maximum absolute atomic E-state index is 13.5. The Balaban J connectivity index is 1.49. The molecule has 3 aromatic carbocycles. The molecule has 168 valence electrons. The van der Waals surface area contributed by atoms with Crippen molar-refractivity contribution in [2.45, 2.75) is 45.8 Å². The highest BCUT2D eigenvalue weighted by Crippen LogP contribution is 2.23. The van der Waals surface area contributed by atoms with E-state index in [2.05, 4.69) is 72.0 Å². The van der Waals surface area contributed by atoms with Crippen molar-refractivity contribution < 1.29 is 0 Å². The zero-order valence-corrected chi connectivity index (χ0v) is 19.4. The molecular weight excluding hydrogens is 406 g/mol. The molecule has 5 rings (SSSR count). The number of hydrogen-bond acceptors (Lipinski definition) is 2. The third kappa shape index (κ3) is 4.44.